The fraction of sp³-hybridized carbons (Fsp3) is 0.333. The fourth-order valence-corrected chi connectivity index (χ4v) is 4.29. The number of nitrogens with zero attached hydrogens (tertiary/aromatic N) is 3. The normalized spacial score (nSPS) is 15.4. The Morgan fingerprint density at radius 3 is 3.03 bits per heavy atom. The smallest absolute Gasteiger partial charge is 0.409 e. The lowest BCUT2D eigenvalue weighted by molar-refractivity contribution is -0.111. The number of hydrogen-bond donors (Lipinski definition) is 1. The summed E-state index contributed by atoms with van der Waals surface area (Å²) in [5.41, 5.74) is 2.26. The first-order valence-corrected chi connectivity index (χ1v) is 10.2. The van der Waals surface area contributed by atoms with Crippen molar-refractivity contribution in [1.29, 1.82) is 5.26 Å². The number of thiophene rings is 1. The number of carbonyl (C=O) groups is 2. The van der Waals surface area contributed by atoms with Crippen molar-refractivity contribution in [2.24, 2.45) is 0 Å². The molecule has 0 radical (unpaired) electrons. The third-order valence-corrected chi connectivity index (χ3v) is 5.90. The molecule has 0 saturated carbocycles. The van der Waals surface area contributed by atoms with Gasteiger partial charge in [0.2, 0.25) is 5.91 Å². The van der Waals surface area contributed by atoms with Crippen LogP contribution in [-0.2, 0) is 22.4 Å². The van der Waals surface area contributed by atoms with E-state index in [0.29, 0.717) is 36.4 Å². The van der Waals surface area contributed by atoms with Gasteiger partial charge in [-0.2, -0.15) is 5.26 Å². The van der Waals surface area contributed by atoms with Crippen molar-refractivity contribution in [3.8, 4) is 6.07 Å². The third kappa shape index (κ3) is 5.00. The van der Waals surface area contributed by atoms with Gasteiger partial charge in [-0.25, -0.2) is 4.79 Å². The molecule has 0 aliphatic heterocycles. The number of aromatic nitrogens is 1. The average molecular weight is 410 g/mol. The standard InChI is InChI=1S/C21H22N4O3S/c1-3-25(2)21(27)28-15-7-8-16-17(12-22)20(29-18(16)11-15)24-19(26)9-6-14-5-4-10-23-13-14/h4-6,9-10,13,15H,3,7-8,11H2,1-2H3,(H,24,26)/b9-6+. The van der Waals surface area contributed by atoms with Crippen molar-refractivity contribution in [2.45, 2.75) is 32.3 Å². The first-order chi connectivity index (χ1) is 14.0. The van der Waals surface area contributed by atoms with Crippen molar-refractivity contribution >= 4 is 34.4 Å². The lowest BCUT2D eigenvalue weighted by Crippen LogP contribution is -2.33. The summed E-state index contributed by atoms with van der Waals surface area (Å²) in [5, 5.41) is 12.9. The number of rotatable bonds is 5. The molecule has 1 aliphatic carbocycles. The molecular weight excluding hydrogens is 388 g/mol. The van der Waals surface area contributed by atoms with Crippen molar-refractivity contribution in [3.05, 3.63) is 52.2 Å². The Labute approximate surface area is 173 Å². The van der Waals surface area contributed by atoms with E-state index in [9.17, 15) is 14.9 Å². The van der Waals surface area contributed by atoms with Gasteiger partial charge in [0, 0.05) is 43.4 Å². The topological polar surface area (TPSA) is 95.3 Å². The lowest BCUT2D eigenvalue weighted by Gasteiger charge is -2.24. The van der Waals surface area contributed by atoms with Crippen molar-refractivity contribution in [1.82, 2.24) is 9.88 Å². The Morgan fingerprint density at radius 2 is 2.34 bits per heavy atom. The monoisotopic (exact) mass is 410 g/mol. The Kier molecular flexibility index (Phi) is 6.62. The number of anilines is 1. The minimum atomic E-state index is -0.341. The van der Waals surface area contributed by atoms with Crippen molar-refractivity contribution in [2.75, 3.05) is 18.9 Å². The quantitative estimate of drug-likeness (QED) is 0.760. The number of fused-ring (bicyclic) bond motifs is 1. The summed E-state index contributed by atoms with van der Waals surface area (Å²) < 4.78 is 5.56. The van der Waals surface area contributed by atoms with Crippen LogP contribution in [-0.4, -0.2) is 41.6 Å². The van der Waals surface area contributed by atoms with Gasteiger partial charge in [-0.1, -0.05) is 6.07 Å². The molecule has 3 rings (SSSR count). The minimum absolute atomic E-state index is 0.219. The van der Waals surface area contributed by atoms with Crippen LogP contribution < -0.4 is 5.32 Å². The second-order valence-corrected chi connectivity index (χ2v) is 7.80. The van der Waals surface area contributed by atoms with Crippen LogP contribution in [0.1, 0.15) is 34.9 Å². The summed E-state index contributed by atoms with van der Waals surface area (Å²) in [5.74, 6) is -0.309. The van der Waals surface area contributed by atoms with E-state index in [0.717, 1.165) is 16.0 Å². The molecule has 7 nitrogen and oxygen atoms in total. The molecule has 0 aromatic carbocycles. The van der Waals surface area contributed by atoms with Crippen LogP contribution in [0, 0.1) is 11.3 Å². The number of amides is 2. The molecule has 1 N–H and O–H groups in total. The summed E-state index contributed by atoms with van der Waals surface area (Å²) >= 11 is 1.38. The van der Waals surface area contributed by atoms with Gasteiger partial charge in [-0.05, 0) is 43.0 Å². The van der Waals surface area contributed by atoms with E-state index in [1.807, 2.05) is 13.0 Å². The van der Waals surface area contributed by atoms with Gasteiger partial charge in [0.1, 0.15) is 17.2 Å². The van der Waals surface area contributed by atoms with Crippen molar-refractivity contribution in [3.63, 3.8) is 0 Å². The minimum Gasteiger partial charge on any atom is -0.446 e. The molecule has 29 heavy (non-hydrogen) atoms. The van der Waals surface area contributed by atoms with Crippen LogP contribution in [0.4, 0.5) is 9.80 Å². The third-order valence-electron chi connectivity index (χ3n) is 4.73. The van der Waals surface area contributed by atoms with E-state index in [1.165, 1.54) is 22.3 Å². The van der Waals surface area contributed by atoms with Gasteiger partial charge < -0.3 is 15.0 Å². The predicted octanol–water partition coefficient (Wildman–Crippen LogP) is 3.61. The highest BCUT2D eigenvalue weighted by atomic mass is 32.1. The van der Waals surface area contributed by atoms with Crippen LogP contribution in [0.15, 0.2) is 30.6 Å². The second-order valence-electron chi connectivity index (χ2n) is 6.69. The Morgan fingerprint density at radius 1 is 1.52 bits per heavy atom. The van der Waals surface area contributed by atoms with Crippen LogP contribution in [0.3, 0.4) is 0 Å². The molecule has 1 unspecified atom stereocenters. The second kappa shape index (κ2) is 9.34. The SMILES string of the molecule is CCN(C)C(=O)OC1CCc2c(sc(NC(=O)/C=C/c3cccnc3)c2C#N)C1. The van der Waals surface area contributed by atoms with Crippen LogP contribution >= 0.6 is 11.3 Å². The molecule has 2 aromatic heterocycles. The number of ether oxygens (including phenoxy) is 1. The van der Waals surface area contributed by atoms with Gasteiger partial charge in [0.05, 0.1) is 5.56 Å². The number of pyridine rings is 1. The molecule has 0 fully saturated rings. The van der Waals surface area contributed by atoms with E-state index in [1.54, 1.807) is 31.6 Å². The maximum Gasteiger partial charge on any atom is 0.409 e. The van der Waals surface area contributed by atoms with Crippen LogP contribution in [0.25, 0.3) is 6.08 Å². The Hall–Kier alpha value is -3.18. The molecule has 150 valence electrons. The van der Waals surface area contributed by atoms with Gasteiger partial charge in [-0.15, -0.1) is 11.3 Å². The zero-order valence-corrected chi connectivity index (χ0v) is 17.2. The van der Waals surface area contributed by atoms with E-state index >= 15 is 0 Å². The van der Waals surface area contributed by atoms with Gasteiger partial charge in [-0.3, -0.25) is 9.78 Å². The summed E-state index contributed by atoms with van der Waals surface area (Å²) in [6.45, 7) is 2.47. The maximum atomic E-state index is 12.3. The largest absolute Gasteiger partial charge is 0.446 e. The molecule has 0 saturated heterocycles. The Balaban J connectivity index is 1.69. The molecule has 8 heteroatoms. The van der Waals surface area contributed by atoms with E-state index in [2.05, 4.69) is 16.4 Å². The number of nitrogens with one attached hydrogen (secondary N) is 1. The van der Waals surface area contributed by atoms with Crippen molar-refractivity contribution < 1.29 is 14.3 Å². The van der Waals surface area contributed by atoms with E-state index in [-0.39, 0.29) is 18.1 Å². The molecule has 1 atom stereocenters. The molecule has 2 amide bonds. The highest BCUT2D eigenvalue weighted by Crippen LogP contribution is 2.38. The zero-order chi connectivity index (χ0) is 20.8. The van der Waals surface area contributed by atoms with Crippen LogP contribution in [0.2, 0.25) is 0 Å². The van der Waals surface area contributed by atoms with E-state index < -0.39 is 0 Å². The molecule has 2 aromatic rings. The summed E-state index contributed by atoms with van der Waals surface area (Å²) in [4.78, 5) is 30.8. The molecule has 1 aliphatic rings. The molecule has 0 bridgehead atoms. The van der Waals surface area contributed by atoms with Gasteiger partial charge in [0.15, 0.2) is 0 Å². The fourth-order valence-electron chi connectivity index (χ4n) is 3.02. The first-order valence-electron chi connectivity index (χ1n) is 9.37. The van der Waals surface area contributed by atoms with E-state index in [4.69, 9.17) is 4.74 Å². The summed E-state index contributed by atoms with van der Waals surface area (Å²) in [6, 6.07) is 5.85. The zero-order valence-electron chi connectivity index (χ0n) is 16.3. The average Bonchev–Trinajstić information content (AvgIpc) is 3.08. The number of carbonyl (C=O) groups excluding carboxylic acids is 2. The van der Waals surface area contributed by atoms with Crippen LogP contribution in [0.5, 0.6) is 0 Å². The summed E-state index contributed by atoms with van der Waals surface area (Å²) in [6.07, 6.45) is 7.71. The number of hydrogen-bond acceptors (Lipinski definition) is 6. The first kappa shape index (κ1) is 20.6. The Bertz CT molecular complexity index is 962. The predicted molar refractivity (Wildman–Crippen MR) is 112 cm³/mol. The molecular formula is C21H22N4O3S. The highest BCUT2D eigenvalue weighted by Gasteiger charge is 2.28. The molecule has 0 spiro atoms. The van der Waals surface area contributed by atoms with Gasteiger partial charge in [0.25, 0.3) is 0 Å². The summed E-state index contributed by atoms with van der Waals surface area (Å²) in [7, 11) is 1.70. The van der Waals surface area contributed by atoms with Gasteiger partial charge >= 0.3 is 6.09 Å². The number of nitriles is 1. The highest BCUT2D eigenvalue weighted by molar-refractivity contribution is 7.16. The molecule has 2 heterocycles. The lowest BCUT2D eigenvalue weighted by atomic mass is 9.94. The maximum absolute atomic E-state index is 12.3.